The fourth-order valence-electron chi connectivity index (χ4n) is 1.46. The van der Waals surface area contributed by atoms with Gasteiger partial charge in [-0.05, 0) is 0 Å². The maximum Gasteiger partial charge on any atom is 0.394 e. The van der Waals surface area contributed by atoms with Gasteiger partial charge in [0, 0.05) is 0 Å². The number of hydrogen-bond donors (Lipinski definition) is 6. The molecule has 0 radical (unpaired) electrons. The highest BCUT2D eigenvalue weighted by Gasteiger charge is 2.54. The summed E-state index contributed by atoms with van der Waals surface area (Å²) in [6.07, 6.45) is -11.5. The Morgan fingerprint density at radius 3 is 2.00 bits per heavy atom. The molecule has 1 aliphatic heterocycles. The average Bonchev–Trinajstić information content (AvgIpc) is 2.21. The van der Waals surface area contributed by atoms with Crippen LogP contribution in [0.2, 0.25) is 0 Å². The average molecular weight is 294 g/mol. The van der Waals surface area contributed by atoms with Crippen LogP contribution in [0.15, 0.2) is 0 Å². The van der Waals surface area contributed by atoms with Gasteiger partial charge in [0.2, 0.25) is 0 Å². The predicted octanol–water partition coefficient (Wildman–Crippen LogP) is -2.05. The minimum absolute atomic E-state index is 1.61. The zero-order valence-electron chi connectivity index (χ0n) is 8.80. The molecule has 0 aliphatic carbocycles. The first kappa shape index (κ1) is 15.9. The molecule has 5 atom stereocenters. The lowest BCUT2D eigenvalue weighted by Gasteiger charge is -2.39. The van der Waals surface area contributed by atoms with Crippen molar-refractivity contribution >= 4 is 7.60 Å². The van der Waals surface area contributed by atoms with E-state index in [4.69, 9.17) is 20.0 Å². The van der Waals surface area contributed by atoms with Crippen LogP contribution in [0.1, 0.15) is 6.42 Å². The van der Waals surface area contributed by atoms with Gasteiger partial charge < -0.3 is 34.9 Å². The molecule has 18 heavy (non-hydrogen) atoms. The largest absolute Gasteiger partial charge is 0.394 e. The summed E-state index contributed by atoms with van der Waals surface area (Å²) in [6, 6.07) is 0. The van der Waals surface area contributed by atoms with Gasteiger partial charge in [0.1, 0.15) is 18.3 Å². The summed E-state index contributed by atoms with van der Waals surface area (Å²) in [5.41, 5.74) is -4.49. The van der Waals surface area contributed by atoms with E-state index in [9.17, 15) is 23.6 Å². The zero-order chi connectivity index (χ0) is 14.3. The molecule has 0 bridgehead atoms. The van der Waals surface area contributed by atoms with E-state index in [2.05, 4.69) is 4.74 Å². The van der Waals surface area contributed by atoms with Gasteiger partial charge in [-0.1, -0.05) is 0 Å². The number of rotatable bonds is 3. The Bertz CT molecular complexity index is 346. The van der Waals surface area contributed by atoms with Crippen molar-refractivity contribution in [1.82, 2.24) is 0 Å². The first-order valence-corrected chi connectivity index (χ1v) is 6.40. The molecule has 0 unspecified atom stereocenters. The quantitative estimate of drug-likeness (QED) is 0.326. The Labute approximate surface area is 99.6 Å². The monoisotopic (exact) mass is 294 g/mol. The van der Waals surface area contributed by atoms with E-state index in [1.807, 2.05) is 0 Å². The topological polar surface area (TPSA) is 148 Å². The van der Waals surface area contributed by atoms with Gasteiger partial charge in [-0.2, -0.15) is 8.78 Å². The Kier molecular flexibility index (Phi) is 4.46. The van der Waals surface area contributed by atoms with Gasteiger partial charge in [-0.15, -0.1) is 0 Å². The van der Waals surface area contributed by atoms with Gasteiger partial charge in [-0.3, -0.25) is 4.57 Å². The number of ether oxygens (including phenoxy) is 1. The van der Waals surface area contributed by atoms with Gasteiger partial charge >= 0.3 is 13.3 Å². The molecule has 8 nitrogen and oxygen atoms in total. The molecule has 1 saturated heterocycles. The van der Waals surface area contributed by atoms with Crippen LogP contribution < -0.4 is 0 Å². The fourth-order valence-corrected chi connectivity index (χ4v) is 1.88. The molecule has 6 N–H and O–H groups in total. The van der Waals surface area contributed by atoms with Crippen LogP contribution in [-0.2, 0) is 9.30 Å². The third-order valence-electron chi connectivity index (χ3n) is 2.56. The Morgan fingerprint density at radius 2 is 1.56 bits per heavy atom. The van der Waals surface area contributed by atoms with Crippen LogP contribution in [0.5, 0.6) is 0 Å². The smallest absolute Gasteiger partial charge is 0.388 e. The highest BCUT2D eigenvalue weighted by molar-refractivity contribution is 7.53. The van der Waals surface area contributed by atoms with Crippen molar-refractivity contribution in [2.45, 2.75) is 42.8 Å². The van der Waals surface area contributed by atoms with Crippen LogP contribution >= 0.6 is 7.60 Å². The van der Waals surface area contributed by atoms with E-state index in [-0.39, 0.29) is 0 Å². The number of aliphatic hydroxyl groups is 4. The predicted molar refractivity (Wildman–Crippen MR) is 50.5 cm³/mol. The van der Waals surface area contributed by atoms with Crippen molar-refractivity contribution in [3.63, 3.8) is 0 Å². The molecule has 108 valence electrons. The molecule has 0 amide bonds. The molecular weight excluding hydrogens is 281 g/mol. The number of halogens is 2. The molecule has 1 heterocycles. The second-order valence-corrected chi connectivity index (χ2v) is 5.69. The van der Waals surface area contributed by atoms with E-state index >= 15 is 0 Å². The summed E-state index contributed by atoms with van der Waals surface area (Å²) in [5.74, 6) is 0. The SMILES string of the molecule is O=P(O)(O)C(F)(F)C[C@H]1O[C@@H](O)[C@H](O)[C@@H](O)[C@@H]1O. The summed E-state index contributed by atoms with van der Waals surface area (Å²) in [7, 11) is -5.77. The van der Waals surface area contributed by atoms with Gasteiger partial charge in [0.15, 0.2) is 6.29 Å². The van der Waals surface area contributed by atoms with Crippen molar-refractivity contribution in [3.8, 4) is 0 Å². The maximum absolute atomic E-state index is 13.1. The zero-order valence-corrected chi connectivity index (χ0v) is 9.69. The Hall–Kier alpha value is -0.190. The summed E-state index contributed by atoms with van der Waals surface area (Å²) in [5, 5.41) is 36.7. The second-order valence-electron chi connectivity index (χ2n) is 3.95. The van der Waals surface area contributed by atoms with Gasteiger partial charge in [0.25, 0.3) is 0 Å². The normalized spacial score (nSPS) is 38.8. The van der Waals surface area contributed by atoms with Crippen molar-refractivity contribution in [3.05, 3.63) is 0 Å². The number of hydrogen-bond acceptors (Lipinski definition) is 6. The molecule has 1 fully saturated rings. The van der Waals surface area contributed by atoms with Crippen molar-refractivity contribution in [2.24, 2.45) is 0 Å². The summed E-state index contributed by atoms with van der Waals surface area (Å²) < 4.78 is 41.0. The molecular formula is C7H13F2O8P. The molecule has 0 spiro atoms. The lowest BCUT2D eigenvalue weighted by molar-refractivity contribution is -0.287. The van der Waals surface area contributed by atoms with Crippen molar-refractivity contribution in [2.75, 3.05) is 0 Å². The molecule has 0 saturated carbocycles. The highest BCUT2D eigenvalue weighted by Crippen LogP contribution is 2.55. The molecule has 0 aromatic heterocycles. The third kappa shape index (κ3) is 3.03. The van der Waals surface area contributed by atoms with Crippen LogP contribution in [0.4, 0.5) is 8.78 Å². The highest BCUT2D eigenvalue weighted by atomic mass is 31.2. The standard InChI is InChI=1S/C7H13F2O8P/c8-7(9,18(14,15)16)1-2-3(10)4(11)5(12)6(13)17-2/h2-6,10-13H,1H2,(H2,14,15,16)/t2-,3-,4+,5-,6-/m1/s1. The summed E-state index contributed by atoms with van der Waals surface area (Å²) >= 11 is 0. The molecule has 0 aromatic carbocycles. The maximum atomic E-state index is 13.1. The third-order valence-corrected chi connectivity index (χ3v) is 3.59. The van der Waals surface area contributed by atoms with Crippen molar-refractivity contribution in [1.29, 1.82) is 0 Å². The lowest BCUT2D eigenvalue weighted by atomic mass is 9.97. The molecule has 1 rings (SSSR count). The first-order chi connectivity index (χ1) is 7.97. The van der Waals surface area contributed by atoms with E-state index in [0.717, 1.165) is 0 Å². The lowest BCUT2D eigenvalue weighted by Crippen LogP contribution is -2.58. The Balaban J connectivity index is 2.82. The fraction of sp³-hybridized carbons (Fsp3) is 1.00. The van der Waals surface area contributed by atoms with Crippen LogP contribution in [0.3, 0.4) is 0 Å². The summed E-state index contributed by atoms with van der Waals surface area (Å²) in [6.45, 7) is 0. The minimum Gasteiger partial charge on any atom is -0.388 e. The number of aliphatic hydroxyl groups excluding tert-OH is 4. The summed E-state index contributed by atoms with van der Waals surface area (Å²) in [4.78, 5) is 16.8. The van der Waals surface area contributed by atoms with E-state index in [1.165, 1.54) is 0 Å². The van der Waals surface area contributed by atoms with Crippen LogP contribution in [0, 0.1) is 0 Å². The van der Waals surface area contributed by atoms with Gasteiger partial charge in [0.05, 0.1) is 12.5 Å². The number of alkyl halides is 2. The van der Waals surface area contributed by atoms with Crippen molar-refractivity contribution < 1.29 is 48.3 Å². The van der Waals surface area contributed by atoms with Gasteiger partial charge in [-0.25, -0.2) is 0 Å². The molecule has 0 aromatic rings. The first-order valence-electron chi connectivity index (χ1n) is 4.78. The second kappa shape index (κ2) is 5.06. The minimum atomic E-state index is -5.77. The van der Waals surface area contributed by atoms with E-state index in [1.54, 1.807) is 0 Å². The molecule has 11 heteroatoms. The van der Waals surface area contributed by atoms with Crippen LogP contribution in [0.25, 0.3) is 0 Å². The molecule has 1 aliphatic rings. The Morgan fingerprint density at radius 1 is 1.06 bits per heavy atom. The van der Waals surface area contributed by atoms with E-state index < -0.39 is 50.4 Å². The van der Waals surface area contributed by atoms with E-state index in [0.29, 0.717) is 0 Å². The van der Waals surface area contributed by atoms with Crippen LogP contribution in [-0.4, -0.2) is 66.6 Å².